The van der Waals surface area contributed by atoms with Crippen LogP contribution in [0.15, 0.2) is 24.3 Å². The first-order valence-electron chi connectivity index (χ1n) is 6.52. The van der Waals surface area contributed by atoms with E-state index < -0.39 is 18.0 Å². The van der Waals surface area contributed by atoms with Crippen LogP contribution in [0.3, 0.4) is 0 Å². The molecule has 0 saturated carbocycles. The molecule has 1 rings (SSSR count). The van der Waals surface area contributed by atoms with E-state index in [-0.39, 0.29) is 19.1 Å². The Hall–Kier alpha value is -2.28. The molecule has 4 N–H and O–H groups in total. The lowest BCUT2D eigenvalue weighted by atomic mass is 10.1. The summed E-state index contributed by atoms with van der Waals surface area (Å²) in [4.78, 5) is 22.6. The second kappa shape index (κ2) is 8.11. The highest BCUT2D eigenvalue weighted by Crippen LogP contribution is 2.17. The smallest absolute Gasteiger partial charge is 0.326 e. The number of aliphatic hydroxyl groups is 1. The molecule has 1 aromatic carbocycles. The average molecular weight is 296 g/mol. The molecule has 0 spiro atoms. The lowest BCUT2D eigenvalue weighted by Crippen LogP contribution is -2.47. The van der Waals surface area contributed by atoms with Gasteiger partial charge in [0.25, 0.3) is 0 Å². The van der Waals surface area contributed by atoms with Crippen LogP contribution in [0, 0.1) is 0 Å². The Morgan fingerprint density at radius 1 is 1.24 bits per heavy atom. The Kier molecular flexibility index (Phi) is 6.48. The number of aliphatic hydroxyl groups excluding tert-OH is 1. The van der Waals surface area contributed by atoms with Crippen molar-refractivity contribution >= 4 is 12.0 Å². The first-order valence-corrected chi connectivity index (χ1v) is 6.52. The molecule has 0 heterocycles. The van der Waals surface area contributed by atoms with Crippen LogP contribution in [0.5, 0.6) is 5.75 Å². The number of aliphatic carboxylic acids is 1. The Bertz CT molecular complexity index is 475. The first-order chi connectivity index (χ1) is 9.97. The van der Waals surface area contributed by atoms with Gasteiger partial charge in [-0.05, 0) is 24.6 Å². The highest BCUT2D eigenvalue weighted by Gasteiger charge is 2.20. The normalized spacial score (nSPS) is 13.1. The number of hydrogen-bond acceptors (Lipinski definition) is 4. The number of ether oxygens (including phenoxy) is 1. The number of hydrogen-bond donors (Lipinski definition) is 4. The summed E-state index contributed by atoms with van der Waals surface area (Å²) < 4.78 is 5.05. The maximum absolute atomic E-state index is 11.7. The van der Waals surface area contributed by atoms with Crippen LogP contribution in [-0.4, -0.2) is 42.0 Å². The second-order valence-corrected chi connectivity index (χ2v) is 4.52. The molecule has 0 fully saturated rings. The van der Waals surface area contributed by atoms with Crippen molar-refractivity contribution in [3.05, 3.63) is 29.8 Å². The third kappa shape index (κ3) is 5.31. The summed E-state index contributed by atoms with van der Waals surface area (Å²) in [5.74, 6) is -0.472. The molecule has 0 aliphatic carbocycles. The quantitative estimate of drug-likeness (QED) is 0.597. The zero-order valence-corrected chi connectivity index (χ0v) is 12.0. The van der Waals surface area contributed by atoms with E-state index in [0.29, 0.717) is 5.75 Å². The number of methoxy groups -OCH3 is 1. The van der Waals surface area contributed by atoms with Gasteiger partial charge in [0.05, 0.1) is 13.2 Å². The van der Waals surface area contributed by atoms with E-state index in [9.17, 15) is 9.59 Å². The Labute approximate surface area is 122 Å². The van der Waals surface area contributed by atoms with Gasteiger partial charge >= 0.3 is 12.0 Å². The first kappa shape index (κ1) is 16.8. The summed E-state index contributed by atoms with van der Waals surface area (Å²) in [6.45, 7) is 1.47. The molecule has 7 nitrogen and oxygen atoms in total. The fourth-order valence-electron chi connectivity index (χ4n) is 1.76. The molecule has 1 aromatic rings. The predicted octanol–water partition coefficient (Wildman–Crippen LogP) is 0.891. The van der Waals surface area contributed by atoms with E-state index >= 15 is 0 Å². The van der Waals surface area contributed by atoms with E-state index in [1.807, 2.05) is 12.1 Å². The molecule has 0 aliphatic rings. The summed E-state index contributed by atoms with van der Waals surface area (Å²) in [6, 6.07) is 5.17. The van der Waals surface area contributed by atoms with E-state index in [4.69, 9.17) is 14.9 Å². The van der Waals surface area contributed by atoms with Crippen LogP contribution >= 0.6 is 0 Å². The van der Waals surface area contributed by atoms with E-state index in [2.05, 4.69) is 10.6 Å². The van der Waals surface area contributed by atoms with Gasteiger partial charge in [-0.25, -0.2) is 9.59 Å². The van der Waals surface area contributed by atoms with Gasteiger partial charge in [0.1, 0.15) is 11.8 Å². The molecule has 7 heteroatoms. The Morgan fingerprint density at radius 3 is 2.33 bits per heavy atom. The van der Waals surface area contributed by atoms with Crippen molar-refractivity contribution in [1.29, 1.82) is 0 Å². The summed E-state index contributed by atoms with van der Waals surface area (Å²) in [6.07, 6.45) is -0.0420. The third-order valence-corrected chi connectivity index (χ3v) is 2.98. The van der Waals surface area contributed by atoms with Crippen molar-refractivity contribution in [3.63, 3.8) is 0 Å². The SMILES string of the molecule is COc1ccc(C(C)NC(=O)N[C@@H](CCO)C(=O)O)cc1. The molecule has 21 heavy (non-hydrogen) atoms. The minimum absolute atomic E-state index is 0.0420. The lowest BCUT2D eigenvalue weighted by Gasteiger charge is -2.18. The highest BCUT2D eigenvalue weighted by molar-refractivity contribution is 5.82. The monoisotopic (exact) mass is 296 g/mol. The summed E-state index contributed by atoms with van der Waals surface area (Å²) in [5.41, 5.74) is 0.861. The zero-order valence-electron chi connectivity index (χ0n) is 12.0. The Balaban J connectivity index is 2.58. The number of carbonyl (C=O) groups is 2. The molecule has 0 saturated heterocycles. The number of carbonyl (C=O) groups excluding carboxylic acids is 1. The van der Waals surface area contributed by atoms with E-state index in [0.717, 1.165) is 5.56 Å². The average Bonchev–Trinajstić information content (AvgIpc) is 2.46. The van der Waals surface area contributed by atoms with Crippen molar-refractivity contribution in [2.75, 3.05) is 13.7 Å². The third-order valence-electron chi connectivity index (χ3n) is 2.98. The predicted molar refractivity (Wildman–Crippen MR) is 76.2 cm³/mol. The molecule has 0 bridgehead atoms. The summed E-state index contributed by atoms with van der Waals surface area (Å²) in [5, 5.41) is 22.6. The number of urea groups is 1. The topological polar surface area (TPSA) is 108 Å². The van der Waals surface area contributed by atoms with Crippen LogP contribution in [0.1, 0.15) is 24.9 Å². The minimum atomic E-state index is -1.18. The van der Waals surface area contributed by atoms with Crippen molar-refractivity contribution in [2.45, 2.75) is 25.4 Å². The molecule has 2 amide bonds. The summed E-state index contributed by atoms with van der Waals surface area (Å²) >= 11 is 0. The maximum Gasteiger partial charge on any atom is 0.326 e. The van der Waals surface area contributed by atoms with Crippen LogP contribution in [0.25, 0.3) is 0 Å². The van der Waals surface area contributed by atoms with Gasteiger partial charge in [0, 0.05) is 13.0 Å². The van der Waals surface area contributed by atoms with Gasteiger partial charge in [0.15, 0.2) is 0 Å². The molecule has 0 radical (unpaired) electrons. The van der Waals surface area contributed by atoms with E-state index in [1.54, 1.807) is 26.2 Å². The van der Waals surface area contributed by atoms with Crippen molar-refractivity contribution < 1.29 is 24.5 Å². The van der Waals surface area contributed by atoms with Crippen LogP contribution in [0.2, 0.25) is 0 Å². The van der Waals surface area contributed by atoms with Crippen molar-refractivity contribution in [2.24, 2.45) is 0 Å². The number of carboxylic acids is 1. The lowest BCUT2D eigenvalue weighted by molar-refractivity contribution is -0.139. The molecule has 1 unspecified atom stereocenters. The van der Waals surface area contributed by atoms with Crippen molar-refractivity contribution in [3.8, 4) is 5.75 Å². The standard InChI is InChI=1S/C14H20N2O5/c1-9(10-3-5-11(21-2)6-4-10)15-14(20)16-12(7-8-17)13(18)19/h3-6,9,12,17H,7-8H2,1-2H3,(H,18,19)(H2,15,16,20)/t9?,12-/m0/s1. The number of carboxylic acid groups (broad SMARTS) is 1. The molecular formula is C14H20N2O5. The minimum Gasteiger partial charge on any atom is -0.497 e. The second-order valence-electron chi connectivity index (χ2n) is 4.52. The molecule has 0 aromatic heterocycles. The number of benzene rings is 1. The molecule has 0 aliphatic heterocycles. The van der Waals surface area contributed by atoms with Gasteiger partial charge in [-0.3, -0.25) is 0 Å². The molecular weight excluding hydrogens is 276 g/mol. The van der Waals surface area contributed by atoms with Crippen LogP contribution < -0.4 is 15.4 Å². The Morgan fingerprint density at radius 2 is 1.86 bits per heavy atom. The van der Waals surface area contributed by atoms with Gasteiger partial charge in [-0.15, -0.1) is 0 Å². The van der Waals surface area contributed by atoms with Gasteiger partial charge in [-0.1, -0.05) is 12.1 Å². The fraction of sp³-hybridized carbons (Fsp3) is 0.429. The molecule has 2 atom stereocenters. The number of rotatable bonds is 7. The van der Waals surface area contributed by atoms with Crippen LogP contribution in [-0.2, 0) is 4.79 Å². The highest BCUT2D eigenvalue weighted by atomic mass is 16.5. The zero-order chi connectivity index (χ0) is 15.8. The van der Waals surface area contributed by atoms with E-state index in [1.165, 1.54) is 0 Å². The van der Waals surface area contributed by atoms with Crippen LogP contribution in [0.4, 0.5) is 4.79 Å². The number of nitrogens with one attached hydrogen (secondary N) is 2. The number of amides is 2. The van der Waals surface area contributed by atoms with Gasteiger partial charge < -0.3 is 25.6 Å². The largest absolute Gasteiger partial charge is 0.497 e. The van der Waals surface area contributed by atoms with Gasteiger partial charge in [0.2, 0.25) is 0 Å². The fourth-order valence-corrected chi connectivity index (χ4v) is 1.76. The summed E-state index contributed by atoms with van der Waals surface area (Å²) in [7, 11) is 1.57. The molecule has 116 valence electrons. The maximum atomic E-state index is 11.7. The van der Waals surface area contributed by atoms with Gasteiger partial charge in [-0.2, -0.15) is 0 Å². The van der Waals surface area contributed by atoms with Crippen molar-refractivity contribution in [1.82, 2.24) is 10.6 Å².